The Morgan fingerprint density at radius 2 is 1.95 bits per heavy atom. The summed E-state index contributed by atoms with van der Waals surface area (Å²) in [5.74, 6) is 0. The van der Waals surface area contributed by atoms with Crippen LogP contribution in [-0.2, 0) is 0 Å². The van der Waals surface area contributed by atoms with Gasteiger partial charge < -0.3 is 10.0 Å². The maximum atomic E-state index is 12.7. The highest BCUT2D eigenvalue weighted by molar-refractivity contribution is 5.56. The van der Waals surface area contributed by atoms with Gasteiger partial charge in [0, 0.05) is 17.3 Å². The predicted molar refractivity (Wildman–Crippen MR) is 68.1 cm³/mol. The number of halogens is 3. The molecule has 106 valence electrons. The van der Waals surface area contributed by atoms with Gasteiger partial charge >= 0.3 is 6.18 Å². The number of hydrogen-bond donors (Lipinski definition) is 1. The zero-order valence-electron chi connectivity index (χ0n) is 10.8. The van der Waals surface area contributed by atoms with E-state index in [4.69, 9.17) is 0 Å². The summed E-state index contributed by atoms with van der Waals surface area (Å²) in [6.45, 7) is 0.859. The van der Waals surface area contributed by atoms with Crippen molar-refractivity contribution in [3.05, 3.63) is 29.8 Å². The second-order valence-electron chi connectivity index (χ2n) is 4.96. The number of benzene rings is 1. The van der Waals surface area contributed by atoms with E-state index >= 15 is 0 Å². The molecule has 0 spiro atoms. The zero-order chi connectivity index (χ0) is 14.0. The minimum Gasteiger partial charge on any atom is -0.388 e. The number of aliphatic hydroxyl groups is 1. The number of para-hydroxylation sites is 1. The first-order chi connectivity index (χ1) is 8.92. The third-order valence-corrected chi connectivity index (χ3v) is 3.33. The Morgan fingerprint density at radius 1 is 1.32 bits per heavy atom. The van der Waals surface area contributed by atoms with E-state index in [1.54, 1.807) is 24.3 Å². The Bertz CT molecular complexity index is 429. The van der Waals surface area contributed by atoms with E-state index in [-0.39, 0.29) is 6.04 Å². The molecule has 0 radical (unpaired) electrons. The molecule has 1 aromatic rings. The zero-order valence-corrected chi connectivity index (χ0v) is 10.8. The van der Waals surface area contributed by atoms with Crippen LogP contribution in [0.4, 0.5) is 18.9 Å². The van der Waals surface area contributed by atoms with Crippen molar-refractivity contribution >= 4 is 5.69 Å². The number of aliphatic hydroxyl groups excluding tert-OH is 1. The Balaban J connectivity index is 2.31. The first kappa shape index (κ1) is 14.2. The van der Waals surface area contributed by atoms with Crippen molar-refractivity contribution in [3.63, 3.8) is 0 Å². The summed E-state index contributed by atoms with van der Waals surface area (Å²) >= 11 is 0. The SMILES string of the molecule is CC[C@H](O)c1ccccc1N(CC(F)(F)F)C1CC1. The normalized spacial score (nSPS) is 17.3. The first-order valence-electron chi connectivity index (χ1n) is 6.52. The van der Waals surface area contributed by atoms with Gasteiger partial charge in [-0.3, -0.25) is 0 Å². The van der Waals surface area contributed by atoms with Gasteiger partial charge in [-0.15, -0.1) is 0 Å². The van der Waals surface area contributed by atoms with Crippen LogP contribution in [0.1, 0.15) is 37.9 Å². The summed E-state index contributed by atoms with van der Waals surface area (Å²) in [6.07, 6.45) is -2.89. The van der Waals surface area contributed by atoms with Crippen molar-refractivity contribution in [2.45, 2.75) is 44.5 Å². The van der Waals surface area contributed by atoms with Gasteiger partial charge in [-0.25, -0.2) is 0 Å². The fourth-order valence-corrected chi connectivity index (χ4v) is 2.24. The lowest BCUT2D eigenvalue weighted by Gasteiger charge is -2.29. The molecule has 1 N–H and O–H groups in total. The van der Waals surface area contributed by atoms with Crippen LogP contribution < -0.4 is 4.90 Å². The third-order valence-electron chi connectivity index (χ3n) is 3.33. The molecule has 0 aromatic heterocycles. The van der Waals surface area contributed by atoms with Crippen LogP contribution in [0.3, 0.4) is 0 Å². The third kappa shape index (κ3) is 3.62. The molecule has 0 aliphatic heterocycles. The summed E-state index contributed by atoms with van der Waals surface area (Å²) < 4.78 is 38.1. The fraction of sp³-hybridized carbons (Fsp3) is 0.571. The van der Waals surface area contributed by atoms with Gasteiger partial charge in [0.1, 0.15) is 6.54 Å². The molecule has 1 atom stereocenters. The maximum Gasteiger partial charge on any atom is 0.405 e. The van der Waals surface area contributed by atoms with Gasteiger partial charge in [0.05, 0.1) is 6.10 Å². The maximum absolute atomic E-state index is 12.7. The standard InChI is InChI=1S/C14H18F3NO/c1-2-13(19)11-5-3-4-6-12(11)18(10-7-8-10)9-14(15,16)17/h3-6,10,13,19H,2,7-9H2,1H3/t13-/m0/s1. The van der Waals surface area contributed by atoms with Crippen LogP contribution in [0.5, 0.6) is 0 Å². The number of anilines is 1. The van der Waals surface area contributed by atoms with Gasteiger partial charge in [0.25, 0.3) is 0 Å². The van der Waals surface area contributed by atoms with E-state index < -0.39 is 18.8 Å². The molecule has 0 heterocycles. The molecule has 1 fully saturated rings. The monoisotopic (exact) mass is 273 g/mol. The molecule has 2 nitrogen and oxygen atoms in total. The van der Waals surface area contributed by atoms with Crippen molar-refractivity contribution in [3.8, 4) is 0 Å². The number of hydrogen-bond acceptors (Lipinski definition) is 2. The van der Waals surface area contributed by atoms with Crippen molar-refractivity contribution in [1.82, 2.24) is 0 Å². The molecule has 0 unspecified atom stereocenters. The fourth-order valence-electron chi connectivity index (χ4n) is 2.24. The predicted octanol–water partition coefficient (Wildman–Crippen LogP) is 3.66. The molecule has 1 saturated carbocycles. The Labute approximate surface area is 110 Å². The van der Waals surface area contributed by atoms with E-state index in [1.807, 2.05) is 6.92 Å². The second kappa shape index (κ2) is 5.41. The second-order valence-corrected chi connectivity index (χ2v) is 4.96. The average Bonchev–Trinajstić information content (AvgIpc) is 3.18. The summed E-state index contributed by atoms with van der Waals surface area (Å²) in [5, 5.41) is 9.95. The minimum absolute atomic E-state index is 0.0492. The quantitative estimate of drug-likeness (QED) is 0.885. The van der Waals surface area contributed by atoms with Gasteiger partial charge in [0.15, 0.2) is 0 Å². The van der Waals surface area contributed by atoms with Crippen molar-refractivity contribution in [2.75, 3.05) is 11.4 Å². The van der Waals surface area contributed by atoms with Crippen LogP contribution in [0.25, 0.3) is 0 Å². The van der Waals surface area contributed by atoms with Gasteiger partial charge in [-0.2, -0.15) is 13.2 Å². The molecular formula is C14H18F3NO. The molecule has 1 aromatic carbocycles. The number of rotatable bonds is 5. The number of alkyl halides is 3. The lowest BCUT2D eigenvalue weighted by molar-refractivity contribution is -0.120. The highest BCUT2D eigenvalue weighted by Crippen LogP contribution is 2.38. The van der Waals surface area contributed by atoms with E-state index in [9.17, 15) is 18.3 Å². The molecule has 1 aliphatic rings. The van der Waals surface area contributed by atoms with Crippen molar-refractivity contribution in [1.29, 1.82) is 0 Å². The van der Waals surface area contributed by atoms with E-state index in [0.29, 0.717) is 17.7 Å². The highest BCUT2D eigenvalue weighted by atomic mass is 19.4. The van der Waals surface area contributed by atoms with Gasteiger partial charge in [0.2, 0.25) is 0 Å². The summed E-state index contributed by atoms with van der Waals surface area (Å²) in [5.41, 5.74) is 1.10. The van der Waals surface area contributed by atoms with Crippen molar-refractivity contribution < 1.29 is 18.3 Å². The molecule has 1 aliphatic carbocycles. The molecule has 2 rings (SSSR count). The van der Waals surface area contributed by atoms with E-state index in [0.717, 1.165) is 12.8 Å². The minimum atomic E-state index is -4.23. The van der Waals surface area contributed by atoms with Crippen molar-refractivity contribution in [2.24, 2.45) is 0 Å². The lowest BCUT2D eigenvalue weighted by atomic mass is 10.0. The molecule has 0 amide bonds. The summed E-state index contributed by atoms with van der Waals surface area (Å²) in [4.78, 5) is 1.38. The van der Waals surface area contributed by atoms with E-state index in [1.165, 1.54) is 4.90 Å². The van der Waals surface area contributed by atoms with Crippen LogP contribution in [0, 0.1) is 0 Å². The Kier molecular flexibility index (Phi) is 4.04. The van der Waals surface area contributed by atoms with Gasteiger partial charge in [-0.1, -0.05) is 25.1 Å². The topological polar surface area (TPSA) is 23.5 Å². The molecular weight excluding hydrogens is 255 g/mol. The average molecular weight is 273 g/mol. The first-order valence-corrected chi connectivity index (χ1v) is 6.52. The smallest absolute Gasteiger partial charge is 0.388 e. The van der Waals surface area contributed by atoms with E-state index in [2.05, 4.69) is 0 Å². The highest BCUT2D eigenvalue weighted by Gasteiger charge is 2.39. The molecule has 0 saturated heterocycles. The Morgan fingerprint density at radius 3 is 2.47 bits per heavy atom. The largest absolute Gasteiger partial charge is 0.405 e. The van der Waals surface area contributed by atoms with Gasteiger partial charge in [-0.05, 0) is 25.3 Å². The van der Waals surface area contributed by atoms with Crippen LogP contribution >= 0.6 is 0 Å². The summed E-state index contributed by atoms with van der Waals surface area (Å²) in [7, 11) is 0. The summed E-state index contributed by atoms with van der Waals surface area (Å²) in [6, 6.07) is 6.78. The molecule has 5 heteroatoms. The molecule has 0 bridgehead atoms. The number of nitrogens with zero attached hydrogens (tertiary/aromatic N) is 1. The molecule has 19 heavy (non-hydrogen) atoms. The van der Waals surface area contributed by atoms with Crippen LogP contribution in [0.2, 0.25) is 0 Å². The Hall–Kier alpha value is -1.23. The van der Waals surface area contributed by atoms with Crippen LogP contribution in [0.15, 0.2) is 24.3 Å². The lowest BCUT2D eigenvalue weighted by Crippen LogP contribution is -2.36. The van der Waals surface area contributed by atoms with Crippen LogP contribution in [-0.4, -0.2) is 23.9 Å².